The van der Waals surface area contributed by atoms with Crippen LogP contribution in [0.25, 0.3) is 0 Å². The summed E-state index contributed by atoms with van der Waals surface area (Å²) in [5.41, 5.74) is 3.77. The minimum absolute atomic E-state index is 0.00664. The third-order valence-electron chi connectivity index (χ3n) is 9.20. The van der Waals surface area contributed by atoms with Crippen LogP contribution in [0.1, 0.15) is 45.1 Å². The molecule has 4 atom stereocenters. The SMILES string of the molecule is C[C@H](OC(=O)[C@H](Cc1ccccc1)N1C(=O)[C@H]2[C@H](C1=O)C1(Cl)c3ccccc3C2(Cl)c2ccccc21)C(=O)c1ccccc1. The number of hydrogen-bond acceptors (Lipinski definition) is 5. The van der Waals surface area contributed by atoms with Crippen LogP contribution in [0.15, 0.2) is 109 Å². The Morgan fingerprint density at radius 2 is 1.11 bits per heavy atom. The van der Waals surface area contributed by atoms with Gasteiger partial charge in [0.15, 0.2) is 6.10 Å². The summed E-state index contributed by atoms with van der Waals surface area (Å²) < 4.78 is 5.71. The average molecular weight is 625 g/mol. The number of hydrogen-bond donors (Lipinski definition) is 0. The molecule has 0 unspecified atom stereocenters. The zero-order valence-electron chi connectivity index (χ0n) is 23.7. The highest BCUT2D eigenvalue weighted by atomic mass is 35.5. The standard InChI is InChI=1S/C36H27Cl2NO5/c1-21(31(40)23-14-6-3-7-15-23)44-34(43)28(20-22-12-4-2-5-13-22)39-32(41)29-30(33(39)42)36(38)25-17-9-8-16-24(25)35(29,37)26-18-10-11-19-27(26)36/h2-19,21,28-30H,20H2,1H3/t21-,28-,29+,30+,35?,36?/m0/s1. The summed E-state index contributed by atoms with van der Waals surface area (Å²) in [7, 11) is 0. The van der Waals surface area contributed by atoms with E-state index in [1.807, 2.05) is 66.7 Å². The molecule has 220 valence electrons. The maximum absolute atomic E-state index is 14.6. The number of alkyl halides is 2. The fourth-order valence-electron chi connectivity index (χ4n) is 7.26. The second-order valence-electron chi connectivity index (χ2n) is 11.5. The predicted molar refractivity (Wildman–Crippen MR) is 165 cm³/mol. The number of likely N-dealkylation sites (tertiary alicyclic amines) is 1. The molecule has 1 heterocycles. The summed E-state index contributed by atoms with van der Waals surface area (Å²) in [5.74, 6) is -4.57. The largest absolute Gasteiger partial charge is 0.453 e. The molecular formula is C36H27Cl2NO5. The van der Waals surface area contributed by atoms with Crippen molar-refractivity contribution in [3.05, 3.63) is 143 Å². The van der Waals surface area contributed by atoms with Crippen molar-refractivity contribution in [3.8, 4) is 0 Å². The van der Waals surface area contributed by atoms with Crippen molar-refractivity contribution < 1.29 is 23.9 Å². The molecule has 4 aromatic carbocycles. The number of esters is 1. The van der Waals surface area contributed by atoms with Crippen LogP contribution in [0, 0.1) is 11.8 Å². The van der Waals surface area contributed by atoms with E-state index < -0.39 is 57.3 Å². The number of Topliss-reactive ketones (excluding diaryl/α,β-unsaturated/α-hetero) is 1. The maximum Gasteiger partial charge on any atom is 0.330 e. The lowest BCUT2D eigenvalue weighted by Gasteiger charge is -2.54. The van der Waals surface area contributed by atoms with Gasteiger partial charge >= 0.3 is 5.97 Å². The number of rotatable bonds is 7. The van der Waals surface area contributed by atoms with Crippen LogP contribution in [0.3, 0.4) is 0 Å². The van der Waals surface area contributed by atoms with Crippen molar-refractivity contribution >= 4 is 46.8 Å². The molecule has 3 aliphatic carbocycles. The first-order valence-corrected chi connectivity index (χ1v) is 15.2. The quantitative estimate of drug-likeness (QED) is 0.109. The Morgan fingerprint density at radius 1 is 0.705 bits per heavy atom. The van der Waals surface area contributed by atoms with Gasteiger partial charge in [0.25, 0.3) is 0 Å². The van der Waals surface area contributed by atoms with Gasteiger partial charge in [-0.25, -0.2) is 4.79 Å². The molecule has 6 nitrogen and oxygen atoms in total. The van der Waals surface area contributed by atoms with E-state index in [0.29, 0.717) is 33.4 Å². The number of benzene rings is 4. The molecule has 8 rings (SSSR count). The van der Waals surface area contributed by atoms with Gasteiger partial charge in [0.2, 0.25) is 17.6 Å². The third-order valence-corrected chi connectivity index (χ3v) is 10.5. The van der Waals surface area contributed by atoms with Gasteiger partial charge in [-0.05, 0) is 34.7 Å². The Labute approximate surface area is 264 Å². The molecule has 2 bridgehead atoms. The summed E-state index contributed by atoms with van der Waals surface area (Å²) in [6, 6.07) is 30.9. The molecule has 1 saturated heterocycles. The van der Waals surface area contributed by atoms with Crippen molar-refractivity contribution in [3.63, 3.8) is 0 Å². The van der Waals surface area contributed by atoms with E-state index in [4.69, 9.17) is 27.9 Å². The maximum atomic E-state index is 14.6. The number of imide groups is 1. The highest BCUT2D eigenvalue weighted by Gasteiger charge is 2.73. The molecule has 1 aliphatic heterocycles. The summed E-state index contributed by atoms with van der Waals surface area (Å²) in [6.07, 6.45) is -1.16. The highest BCUT2D eigenvalue weighted by Crippen LogP contribution is 2.69. The van der Waals surface area contributed by atoms with Crippen molar-refractivity contribution in [1.29, 1.82) is 0 Å². The van der Waals surface area contributed by atoms with Crippen molar-refractivity contribution in [2.24, 2.45) is 11.8 Å². The normalized spacial score (nSPS) is 25.9. The molecule has 0 N–H and O–H groups in total. The summed E-state index contributed by atoms with van der Waals surface area (Å²) in [6.45, 7) is 1.48. The fraction of sp³-hybridized carbons (Fsp3) is 0.222. The molecule has 4 aromatic rings. The number of nitrogens with zero attached hydrogens (tertiary/aromatic N) is 1. The van der Waals surface area contributed by atoms with Gasteiger partial charge in [-0.15, -0.1) is 23.2 Å². The van der Waals surface area contributed by atoms with Crippen LogP contribution in [0.4, 0.5) is 0 Å². The second kappa shape index (κ2) is 10.4. The zero-order chi connectivity index (χ0) is 30.8. The molecule has 4 aliphatic rings. The number of ether oxygens (including phenoxy) is 1. The minimum atomic E-state index is -1.38. The topological polar surface area (TPSA) is 80.8 Å². The number of halogens is 2. The van der Waals surface area contributed by atoms with E-state index in [0.717, 1.165) is 4.90 Å². The predicted octanol–water partition coefficient (Wildman–Crippen LogP) is 6.01. The molecule has 2 amide bonds. The average Bonchev–Trinajstić information content (AvgIpc) is 3.33. The monoisotopic (exact) mass is 623 g/mol. The molecular weight excluding hydrogens is 597 g/mol. The summed E-state index contributed by atoms with van der Waals surface area (Å²) in [4.78, 5) is 54.4. The molecule has 0 spiro atoms. The van der Waals surface area contributed by atoms with E-state index in [-0.39, 0.29) is 6.42 Å². The van der Waals surface area contributed by atoms with Crippen molar-refractivity contribution in [2.75, 3.05) is 0 Å². The Kier molecular flexibility index (Phi) is 6.76. The Morgan fingerprint density at radius 3 is 1.57 bits per heavy atom. The van der Waals surface area contributed by atoms with E-state index in [9.17, 15) is 19.2 Å². The Balaban J connectivity index is 1.31. The summed E-state index contributed by atoms with van der Waals surface area (Å²) in [5, 5.41) is 0. The minimum Gasteiger partial charge on any atom is -0.453 e. The molecule has 44 heavy (non-hydrogen) atoms. The van der Waals surface area contributed by atoms with Crippen molar-refractivity contribution in [1.82, 2.24) is 4.90 Å². The van der Waals surface area contributed by atoms with Gasteiger partial charge in [-0.1, -0.05) is 109 Å². The van der Waals surface area contributed by atoms with Crippen LogP contribution >= 0.6 is 23.2 Å². The van der Waals surface area contributed by atoms with Crippen LogP contribution < -0.4 is 0 Å². The molecule has 8 heteroatoms. The Bertz CT molecular complexity index is 1700. The van der Waals surface area contributed by atoms with Crippen LogP contribution in [-0.4, -0.2) is 40.6 Å². The van der Waals surface area contributed by atoms with E-state index in [2.05, 4.69) is 0 Å². The third kappa shape index (κ3) is 3.94. The molecule has 1 fully saturated rings. The van der Waals surface area contributed by atoms with Gasteiger partial charge in [-0.3, -0.25) is 19.3 Å². The Hall–Kier alpha value is -4.26. The lowest BCUT2D eigenvalue weighted by atomic mass is 9.54. The van der Waals surface area contributed by atoms with Gasteiger partial charge < -0.3 is 4.74 Å². The number of ketones is 1. The first-order valence-electron chi connectivity index (χ1n) is 14.5. The smallest absolute Gasteiger partial charge is 0.330 e. The first kappa shape index (κ1) is 28.5. The second-order valence-corrected chi connectivity index (χ2v) is 12.7. The van der Waals surface area contributed by atoms with Gasteiger partial charge in [0, 0.05) is 12.0 Å². The fourth-order valence-corrected chi connectivity index (χ4v) is 8.35. The highest BCUT2D eigenvalue weighted by molar-refractivity contribution is 6.36. The lowest BCUT2D eigenvalue weighted by molar-refractivity contribution is -0.160. The molecule has 0 aromatic heterocycles. The molecule has 0 saturated carbocycles. The van der Waals surface area contributed by atoms with Crippen LogP contribution in [0.5, 0.6) is 0 Å². The molecule has 0 radical (unpaired) electrons. The van der Waals surface area contributed by atoms with E-state index >= 15 is 0 Å². The number of carbonyl (C=O) groups excluding carboxylic acids is 4. The van der Waals surface area contributed by atoms with Crippen molar-refractivity contribution in [2.45, 2.75) is 35.2 Å². The van der Waals surface area contributed by atoms with Gasteiger partial charge in [0.05, 0.1) is 11.8 Å². The van der Waals surface area contributed by atoms with E-state index in [1.165, 1.54) is 6.92 Å². The zero-order valence-corrected chi connectivity index (χ0v) is 25.2. The number of carbonyl (C=O) groups is 4. The first-order chi connectivity index (χ1) is 21.2. The van der Waals surface area contributed by atoms with E-state index in [1.54, 1.807) is 42.5 Å². The van der Waals surface area contributed by atoms with Gasteiger partial charge in [0.1, 0.15) is 15.8 Å². The summed E-state index contributed by atoms with van der Waals surface area (Å²) >= 11 is 15.1. The van der Waals surface area contributed by atoms with Gasteiger partial charge in [-0.2, -0.15) is 0 Å². The number of amides is 2. The van der Waals surface area contributed by atoms with Crippen LogP contribution in [-0.2, 0) is 35.3 Å². The van der Waals surface area contributed by atoms with Crippen LogP contribution in [0.2, 0.25) is 0 Å². The lowest BCUT2D eigenvalue weighted by Crippen LogP contribution is -2.57.